The molecule has 0 saturated heterocycles. The van der Waals surface area contributed by atoms with Crippen molar-refractivity contribution in [1.29, 1.82) is 0 Å². The molecule has 3 rings (SSSR count). The van der Waals surface area contributed by atoms with Crippen LogP contribution in [-0.2, 0) is 10.0 Å². The fourth-order valence-electron chi connectivity index (χ4n) is 2.20. The average Bonchev–Trinajstić information content (AvgIpc) is 2.49. The van der Waals surface area contributed by atoms with Crippen LogP contribution in [0.1, 0.15) is 6.92 Å². The first-order valence-electron chi connectivity index (χ1n) is 6.60. The van der Waals surface area contributed by atoms with Gasteiger partial charge in [0.25, 0.3) is 10.0 Å². The number of hydrogen-bond donors (Lipinski definition) is 1. The first-order valence-corrected chi connectivity index (χ1v) is 8.04. The van der Waals surface area contributed by atoms with Crippen molar-refractivity contribution in [3.63, 3.8) is 0 Å². The second-order valence-corrected chi connectivity index (χ2v) is 6.18. The Balaban J connectivity index is 2.07. The molecule has 0 saturated carbocycles. The lowest BCUT2D eigenvalue weighted by molar-refractivity contribution is 0.592. The summed E-state index contributed by atoms with van der Waals surface area (Å²) in [5.41, 5.74) is 1.01. The van der Waals surface area contributed by atoms with Crippen LogP contribution in [0.25, 0.3) is 0 Å². The third kappa shape index (κ3) is 2.52. The number of nitrogens with one attached hydrogen (secondary N) is 1. The van der Waals surface area contributed by atoms with E-state index in [0.717, 1.165) is 6.07 Å². The van der Waals surface area contributed by atoms with Gasteiger partial charge in [0.2, 0.25) is 5.96 Å². The highest BCUT2D eigenvalue weighted by atomic mass is 32.2. The number of aromatic nitrogens is 1. The van der Waals surface area contributed by atoms with Crippen molar-refractivity contribution in [3.8, 4) is 0 Å². The molecule has 114 valence electrons. The molecule has 0 aliphatic carbocycles. The van der Waals surface area contributed by atoms with Gasteiger partial charge in [-0.2, -0.15) is 8.42 Å². The number of halogens is 1. The molecule has 6 nitrogen and oxygen atoms in total. The molecular formula is C14H13FN4O2S. The van der Waals surface area contributed by atoms with E-state index in [1.54, 1.807) is 29.4 Å². The molecule has 0 spiro atoms. The molecule has 0 amide bonds. The number of hydrogen-bond acceptors (Lipinski definition) is 5. The molecule has 0 atom stereocenters. The topological polar surface area (TPSA) is 74.7 Å². The zero-order chi connectivity index (χ0) is 15.7. The minimum absolute atomic E-state index is 0.162. The quantitative estimate of drug-likeness (QED) is 0.918. The van der Waals surface area contributed by atoms with E-state index in [1.165, 1.54) is 12.1 Å². The molecule has 22 heavy (non-hydrogen) atoms. The Morgan fingerprint density at radius 3 is 2.82 bits per heavy atom. The molecule has 1 aromatic heterocycles. The highest BCUT2D eigenvalue weighted by Crippen LogP contribution is 2.29. The summed E-state index contributed by atoms with van der Waals surface area (Å²) in [6.45, 7) is 2.35. The summed E-state index contributed by atoms with van der Waals surface area (Å²) in [4.78, 5) is 5.53. The van der Waals surface area contributed by atoms with E-state index in [1.807, 2.05) is 6.92 Å². The highest BCUT2D eigenvalue weighted by Gasteiger charge is 2.28. The number of sulfonamides is 1. The van der Waals surface area contributed by atoms with Crippen molar-refractivity contribution in [1.82, 2.24) is 4.98 Å². The number of rotatable bonds is 2. The Morgan fingerprint density at radius 2 is 2.14 bits per heavy atom. The Kier molecular flexibility index (Phi) is 3.53. The largest absolute Gasteiger partial charge is 0.324 e. The van der Waals surface area contributed by atoms with Crippen molar-refractivity contribution in [2.45, 2.75) is 11.8 Å². The molecule has 1 N–H and O–H groups in total. The maximum Gasteiger partial charge on any atom is 0.287 e. The molecule has 8 heteroatoms. The number of fused-ring (bicyclic) bond motifs is 1. The van der Waals surface area contributed by atoms with E-state index >= 15 is 0 Å². The lowest BCUT2D eigenvalue weighted by Crippen LogP contribution is -2.39. The third-order valence-corrected chi connectivity index (χ3v) is 4.51. The summed E-state index contributed by atoms with van der Waals surface area (Å²) < 4.78 is 41.5. The fourth-order valence-corrected chi connectivity index (χ4v) is 3.33. The predicted molar refractivity (Wildman–Crippen MR) is 81.9 cm³/mol. The lowest BCUT2D eigenvalue weighted by atomic mass is 10.3. The summed E-state index contributed by atoms with van der Waals surface area (Å²) in [6.07, 6.45) is 3.24. The van der Waals surface area contributed by atoms with Crippen LogP contribution in [0.4, 0.5) is 15.8 Å². The highest BCUT2D eigenvalue weighted by molar-refractivity contribution is 7.90. The molecule has 0 unspecified atom stereocenters. The van der Waals surface area contributed by atoms with Gasteiger partial charge in [0.05, 0.1) is 17.6 Å². The van der Waals surface area contributed by atoms with Crippen LogP contribution in [0.2, 0.25) is 0 Å². The maximum atomic E-state index is 13.3. The van der Waals surface area contributed by atoms with Gasteiger partial charge in [-0.3, -0.25) is 4.98 Å². The van der Waals surface area contributed by atoms with E-state index in [0.29, 0.717) is 17.9 Å². The minimum atomic E-state index is -3.95. The Bertz CT molecular complexity index is 837. The van der Waals surface area contributed by atoms with Gasteiger partial charge in [-0.05, 0) is 37.3 Å². The van der Waals surface area contributed by atoms with Gasteiger partial charge in [0.15, 0.2) is 0 Å². The average molecular weight is 320 g/mol. The second kappa shape index (κ2) is 5.38. The van der Waals surface area contributed by atoms with E-state index in [4.69, 9.17) is 0 Å². The van der Waals surface area contributed by atoms with Gasteiger partial charge in [-0.25, -0.2) is 4.39 Å². The van der Waals surface area contributed by atoms with Crippen molar-refractivity contribution in [3.05, 3.63) is 48.5 Å². The molecule has 2 aromatic rings. The van der Waals surface area contributed by atoms with Gasteiger partial charge < -0.3 is 10.2 Å². The Labute approximate surface area is 127 Å². The smallest absolute Gasteiger partial charge is 0.287 e. The normalized spacial score (nSPS) is 15.5. The molecule has 1 aliphatic heterocycles. The number of anilines is 2. The van der Waals surface area contributed by atoms with Crippen LogP contribution in [0.3, 0.4) is 0 Å². The molecule has 0 fully saturated rings. The van der Waals surface area contributed by atoms with Crippen molar-refractivity contribution < 1.29 is 12.8 Å². The molecule has 1 aliphatic rings. The first kappa shape index (κ1) is 14.5. The SMILES string of the molecule is CCN(C1=NS(=O)(=O)c2cc(F)ccc2N1)c1cccnc1. The van der Waals surface area contributed by atoms with Crippen molar-refractivity contribution >= 4 is 27.4 Å². The van der Waals surface area contributed by atoms with Crippen LogP contribution >= 0.6 is 0 Å². The van der Waals surface area contributed by atoms with Gasteiger partial charge in [-0.1, -0.05) is 0 Å². The third-order valence-electron chi connectivity index (χ3n) is 3.20. The van der Waals surface area contributed by atoms with E-state index < -0.39 is 15.8 Å². The molecule has 2 heterocycles. The summed E-state index contributed by atoms with van der Waals surface area (Å²) >= 11 is 0. The molecule has 1 aromatic carbocycles. The molecular weight excluding hydrogens is 307 g/mol. The van der Waals surface area contributed by atoms with Gasteiger partial charge in [-0.15, -0.1) is 4.40 Å². The van der Waals surface area contributed by atoms with Crippen molar-refractivity contribution in [2.24, 2.45) is 4.40 Å². The number of guanidine groups is 1. The molecule has 0 bridgehead atoms. The molecule has 0 radical (unpaired) electrons. The Morgan fingerprint density at radius 1 is 1.32 bits per heavy atom. The number of nitrogens with zero attached hydrogens (tertiary/aromatic N) is 3. The van der Waals surface area contributed by atoms with Crippen LogP contribution < -0.4 is 10.2 Å². The number of pyridine rings is 1. The van der Waals surface area contributed by atoms with Crippen molar-refractivity contribution in [2.75, 3.05) is 16.8 Å². The zero-order valence-electron chi connectivity index (χ0n) is 11.7. The van der Waals surface area contributed by atoms with E-state index in [-0.39, 0.29) is 10.9 Å². The van der Waals surface area contributed by atoms with Crippen LogP contribution in [0.15, 0.2) is 52.0 Å². The number of benzene rings is 1. The Hall–Kier alpha value is -2.48. The van der Waals surface area contributed by atoms with E-state index in [9.17, 15) is 12.8 Å². The first-order chi connectivity index (χ1) is 10.5. The standard InChI is InChI=1S/C14H13FN4O2S/c1-2-19(11-4-3-7-16-9-11)14-17-12-6-5-10(15)8-13(12)22(20,21)18-14/h3-9H,2H2,1H3,(H,17,18). The van der Waals surface area contributed by atoms with Crippen LogP contribution in [-0.4, -0.2) is 25.9 Å². The summed E-state index contributed by atoms with van der Waals surface area (Å²) in [7, 11) is -3.95. The summed E-state index contributed by atoms with van der Waals surface area (Å²) in [5, 5.41) is 2.93. The predicted octanol–water partition coefficient (Wildman–Crippen LogP) is 2.22. The minimum Gasteiger partial charge on any atom is -0.324 e. The lowest BCUT2D eigenvalue weighted by Gasteiger charge is -2.27. The van der Waals surface area contributed by atoms with Gasteiger partial charge in [0, 0.05) is 12.7 Å². The summed E-state index contributed by atoms with van der Waals surface area (Å²) in [5.74, 6) is -0.461. The maximum absolute atomic E-state index is 13.3. The van der Waals surface area contributed by atoms with Crippen LogP contribution in [0, 0.1) is 5.82 Å². The second-order valence-electron chi connectivity index (χ2n) is 4.61. The van der Waals surface area contributed by atoms with Crippen LogP contribution in [0.5, 0.6) is 0 Å². The zero-order valence-corrected chi connectivity index (χ0v) is 12.5. The monoisotopic (exact) mass is 320 g/mol. The summed E-state index contributed by atoms with van der Waals surface area (Å²) in [6, 6.07) is 7.09. The van der Waals surface area contributed by atoms with Gasteiger partial charge in [0.1, 0.15) is 10.7 Å². The van der Waals surface area contributed by atoms with Gasteiger partial charge >= 0.3 is 0 Å². The van der Waals surface area contributed by atoms with E-state index in [2.05, 4.69) is 14.7 Å². The fraction of sp³-hybridized carbons (Fsp3) is 0.143.